The van der Waals surface area contributed by atoms with Gasteiger partial charge in [-0.2, -0.15) is 4.31 Å². The van der Waals surface area contributed by atoms with Crippen molar-refractivity contribution >= 4 is 21.8 Å². The lowest BCUT2D eigenvalue weighted by atomic mass is 9.93. The number of morpholine rings is 1. The first-order chi connectivity index (χ1) is 15.8. The fourth-order valence-electron chi connectivity index (χ4n) is 5.34. The highest BCUT2D eigenvalue weighted by Crippen LogP contribution is 2.29. The van der Waals surface area contributed by atoms with Gasteiger partial charge in [0, 0.05) is 38.6 Å². The maximum atomic E-state index is 13.4. The number of hydrogen-bond donors (Lipinski definition) is 0. The molecule has 3 unspecified atom stereocenters. The zero-order chi connectivity index (χ0) is 23.6. The molecule has 0 aliphatic carbocycles. The van der Waals surface area contributed by atoms with Gasteiger partial charge in [-0.1, -0.05) is 24.6 Å². The van der Waals surface area contributed by atoms with E-state index in [0.29, 0.717) is 52.0 Å². The van der Waals surface area contributed by atoms with Crippen LogP contribution in [0, 0.1) is 5.92 Å². The molecule has 1 aromatic carbocycles. The molecule has 0 saturated carbocycles. The lowest BCUT2D eigenvalue weighted by Crippen LogP contribution is -2.55. The molecule has 0 bridgehead atoms. The van der Waals surface area contributed by atoms with Gasteiger partial charge in [-0.05, 0) is 51.7 Å². The van der Waals surface area contributed by atoms with E-state index in [0.717, 1.165) is 12.8 Å². The molecule has 3 aliphatic rings. The Balaban J connectivity index is 1.40. The molecule has 3 saturated heterocycles. The van der Waals surface area contributed by atoms with Crippen LogP contribution in [0.3, 0.4) is 0 Å². The van der Waals surface area contributed by atoms with Crippen LogP contribution in [0.4, 0.5) is 0 Å². The standard InChI is InChI=1S/C24H35N3O5S/c1-18-16-26(17-19(2)32-18)23(28)20-11-14-25(15-12-20)24(29)22-10-6-7-13-27(22)33(30,31)21-8-4-3-5-9-21/h3-5,8-9,18-20,22H,6-7,10-17H2,1-2H3. The second-order valence-electron chi connectivity index (χ2n) is 9.54. The Kier molecular flexibility index (Phi) is 7.40. The van der Waals surface area contributed by atoms with E-state index in [1.165, 1.54) is 4.31 Å². The molecule has 3 atom stereocenters. The molecule has 4 rings (SSSR count). The fourth-order valence-corrected chi connectivity index (χ4v) is 7.01. The summed E-state index contributed by atoms with van der Waals surface area (Å²) in [7, 11) is -3.73. The number of amides is 2. The normalized spacial score (nSPS) is 28.0. The van der Waals surface area contributed by atoms with Crippen LogP contribution in [0.5, 0.6) is 0 Å². The second kappa shape index (κ2) is 10.1. The monoisotopic (exact) mass is 477 g/mol. The van der Waals surface area contributed by atoms with Crippen molar-refractivity contribution in [2.75, 3.05) is 32.7 Å². The average Bonchev–Trinajstić information content (AvgIpc) is 2.83. The van der Waals surface area contributed by atoms with Crippen molar-refractivity contribution in [1.82, 2.24) is 14.1 Å². The predicted molar refractivity (Wildman–Crippen MR) is 124 cm³/mol. The summed E-state index contributed by atoms with van der Waals surface area (Å²) in [6, 6.07) is 7.67. The summed E-state index contributed by atoms with van der Waals surface area (Å²) in [4.78, 5) is 30.3. The maximum Gasteiger partial charge on any atom is 0.243 e. The molecule has 1 aromatic rings. The van der Waals surface area contributed by atoms with Crippen molar-refractivity contribution in [2.24, 2.45) is 5.92 Å². The van der Waals surface area contributed by atoms with Crippen LogP contribution >= 0.6 is 0 Å². The number of rotatable bonds is 4. The van der Waals surface area contributed by atoms with Gasteiger partial charge in [0.25, 0.3) is 0 Å². The van der Waals surface area contributed by atoms with Crippen LogP contribution in [0.1, 0.15) is 46.0 Å². The van der Waals surface area contributed by atoms with Crippen molar-refractivity contribution in [3.05, 3.63) is 30.3 Å². The summed E-state index contributed by atoms with van der Waals surface area (Å²) in [5.41, 5.74) is 0. The number of piperidine rings is 2. The molecule has 3 aliphatic heterocycles. The first-order valence-electron chi connectivity index (χ1n) is 12.1. The largest absolute Gasteiger partial charge is 0.372 e. The van der Waals surface area contributed by atoms with Crippen molar-refractivity contribution in [3.8, 4) is 0 Å². The molecule has 33 heavy (non-hydrogen) atoms. The molecule has 3 heterocycles. The van der Waals surface area contributed by atoms with Gasteiger partial charge in [0.2, 0.25) is 21.8 Å². The van der Waals surface area contributed by atoms with Crippen molar-refractivity contribution in [2.45, 2.75) is 69.1 Å². The van der Waals surface area contributed by atoms with E-state index >= 15 is 0 Å². The Bertz CT molecular complexity index is 936. The minimum atomic E-state index is -3.73. The van der Waals surface area contributed by atoms with Crippen LogP contribution in [0.15, 0.2) is 35.2 Å². The quantitative estimate of drug-likeness (QED) is 0.663. The number of sulfonamides is 1. The van der Waals surface area contributed by atoms with Crippen LogP contribution < -0.4 is 0 Å². The van der Waals surface area contributed by atoms with Crippen molar-refractivity contribution in [1.29, 1.82) is 0 Å². The van der Waals surface area contributed by atoms with E-state index in [9.17, 15) is 18.0 Å². The van der Waals surface area contributed by atoms with Gasteiger partial charge in [0.05, 0.1) is 17.1 Å². The van der Waals surface area contributed by atoms with Crippen molar-refractivity contribution < 1.29 is 22.7 Å². The van der Waals surface area contributed by atoms with Crippen molar-refractivity contribution in [3.63, 3.8) is 0 Å². The first-order valence-corrected chi connectivity index (χ1v) is 13.5. The number of ether oxygens (including phenoxy) is 1. The minimum Gasteiger partial charge on any atom is -0.372 e. The highest BCUT2D eigenvalue weighted by Gasteiger charge is 2.41. The molecule has 182 valence electrons. The molecular weight excluding hydrogens is 442 g/mol. The molecule has 0 aromatic heterocycles. The topological polar surface area (TPSA) is 87.2 Å². The number of likely N-dealkylation sites (tertiary alicyclic amines) is 1. The Morgan fingerprint density at radius 3 is 2.12 bits per heavy atom. The van der Waals surface area contributed by atoms with Gasteiger partial charge in [-0.15, -0.1) is 0 Å². The number of benzene rings is 1. The molecular formula is C24H35N3O5S. The molecule has 8 nitrogen and oxygen atoms in total. The van der Waals surface area contributed by atoms with Gasteiger partial charge >= 0.3 is 0 Å². The van der Waals surface area contributed by atoms with E-state index in [1.807, 2.05) is 18.7 Å². The number of carbonyl (C=O) groups is 2. The van der Waals surface area contributed by atoms with Crippen LogP contribution in [-0.4, -0.2) is 85.3 Å². The molecule has 2 amide bonds. The SMILES string of the molecule is CC1CN(C(=O)C2CCN(C(=O)C3CCCCN3S(=O)(=O)c3ccccc3)CC2)CC(C)O1. The van der Waals surface area contributed by atoms with Gasteiger partial charge in [-0.25, -0.2) is 8.42 Å². The van der Waals surface area contributed by atoms with E-state index in [-0.39, 0.29) is 34.8 Å². The smallest absolute Gasteiger partial charge is 0.243 e. The summed E-state index contributed by atoms with van der Waals surface area (Å²) in [6.45, 7) is 6.51. The molecule has 0 spiro atoms. The van der Waals surface area contributed by atoms with Gasteiger partial charge in [0.1, 0.15) is 6.04 Å². The van der Waals surface area contributed by atoms with Crippen LogP contribution in [-0.2, 0) is 24.3 Å². The summed E-state index contributed by atoms with van der Waals surface area (Å²) in [5, 5.41) is 0. The predicted octanol–water partition coefficient (Wildman–Crippen LogP) is 2.10. The molecule has 0 N–H and O–H groups in total. The second-order valence-corrected chi connectivity index (χ2v) is 11.4. The van der Waals surface area contributed by atoms with E-state index in [1.54, 1.807) is 35.2 Å². The third kappa shape index (κ3) is 5.25. The van der Waals surface area contributed by atoms with Gasteiger partial charge in [0.15, 0.2) is 0 Å². The molecule has 0 radical (unpaired) electrons. The summed E-state index contributed by atoms with van der Waals surface area (Å²) >= 11 is 0. The molecule has 9 heteroatoms. The van der Waals surface area contributed by atoms with E-state index in [4.69, 9.17) is 4.74 Å². The van der Waals surface area contributed by atoms with E-state index in [2.05, 4.69) is 0 Å². The maximum absolute atomic E-state index is 13.4. The number of hydrogen-bond acceptors (Lipinski definition) is 5. The Hall–Kier alpha value is -1.97. The van der Waals surface area contributed by atoms with Gasteiger partial charge < -0.3 is 14.5 Å². The summed E-state index contributed by atoms with van der Waals surface area (Å²) < 4.78 is 33.6. The van der Waals surface area contributed by atoms with Crippen LogP contribution in [0.25, 0.3) is 0 Å². The Morgan fingerprint density at radius 2 is 1.48 bits per heavy atom. The summed E-state index contributed by atoms with van der Waals surface area (Å²) in [6.07, 6.45) is 3.41. The average molecular weight is 478 g/mol. The van der Waals surface area contributed by atoms with E-state index < -0.39 is 16.1 Å². The number of nitrogens with zero attached hydrogens (tertiary/aromatic N) is 3. The fraction of sp³-hybridized carbons (Fsp3) is 0.667. The minimum absolute atomic E-state index is 0.0308. The van der Waals surface area contributed by atoms with Crippen LogP contribution in [0.2, 0.25) is 0 Å². The first kappa shape index (κ1) is 24.2. The zero-order valence-corrected chi connectivity index (χ0v) is 20.4. The highest BCUT2D eigenvalue weighted by molar-refractivity contribution is 7.89. The highest BCUT2D eigenvalue weighted by atomic mass is 32.2. The lowest BCUT2D eigenvalue weighted by Gasteiger charge is -2.41. The number of carbonyl (C=O) groups excluding carboxylic acids is 2. The lowest BCUT2D eigenvalue weighted by molar-refractivity contribution is -0.150. The Morgan fingerprint density at radius 1 is 0.848 bits per heavy atom. The summed E-state index contributed by atoms with van der Waals surface area (Å²) in [5.74, 6) is -0.0779. The molecule has 3 fully saturated rings. The van der Waals surface area contributed by atoms with Gasteiger partial charge in [-0.3, -0.25) is 9.59 Å². The zero-order valence-electron chi connectivity index (χ0n) is 19.6. The Labute approximate surface area is 196 Å². The third-order valence-electron chi connectivity index (χ3n) is 6.98. The third-order valence-corrected chi connectivity index (χ3v) is 8.90.